The van der Waals surface area contributed by atoms with Crippen LogP contribution in [-0.4, -0.2) is 52.8 Å². The second-order valence-corrected chi connectivity index (χ2v) is 10.9. The molecule has 2 fully saturated rings. The number of rotatable bonds is 6. The first-order valence-corrected chi connectivity index (χ1v) is 13.7. The molecular weight excluding hydrogens is 547 g/mol. The lowest BCUT2D eigenvalue weighted by Gasteiger charge is -2.42. The second-order valence-electron chi connectivity index (χ2n) is 10.5. The molecule has 2 aliphatic heterocycles. The van der Waals surface area contributed by atoms with Gasteiger partial charge in [0.1, 0.15) is 18.1 Å². The summed E-state index contributed by atoms with van der Waals surface area (Å²) in [5.41, 5.74) is 2.15. The van der Waals surface area contributed by atoms with E-state index >= 15 is 0 Å². The first-order chi connectivity index (χ1) is 19.7. The highest BCUT2D eigenvalue weighted by atomic mass is 35.5. The molecule has 9 nitrogen and oxygen atoms in total. The molecule has 41 heavy (non-hydrogen) atoms. The van der Waals surface area contributed by atoms with Crippen molar-refractivity contribution in [3.8, 4) is 11.5 Å². The molecule has 4 N–H and O–H groups in total. The van der Waals surface area contributed by atoms with Crippen LogP contribution in [0.25, 0.3) is 0 Å². The Bertz CT molecular complexity index is 1530. The van der Waals surface area contributed by atoms with E-state index in [9.17, 15) is 29.8 Å². The van der Waals surface area contributed by atoms with Gasteiger partial charge in [-0.25, -0.2) is 0 Å². The third-order valence-corrected chi connectivity index (χ3v) is 8.45. The van der Waals surface area contributed by atoms with E-state index in [2.05, 4.69) is 0 Å². The molecule has 0 bridgehead atoms. The number of allylic oxidation sites excluding steroid dienone is 1. The van der Waals surface area contributed by atoms with E-state index < -0.39 is 49.9 Å². The Morgan fingerprint density at radius 2 is 1.78 bits per heavy atom. The van der Waals surface area contributed by atoms with Crippen molar-refractivity contribution in [2.45, 2.75) is 18.9 Å². The third kappa shape index (κ3) is 5.05. The number of fused-ring (bicyclic) bond motifs is 3. The summed E-state index contributed by atoms with van der Waals surface area (Å²) < 4.78 is 12.0. The number of benzene rings is 3. The average Bonchev–Trinajstić information content (AvgIpc) is 3.21. The summed E-state index contributed by atoms with van der Waals surface area (Å²) in [5.74, 6) is -2.28. The summed E-state index contributed by atoms with van der Waals surface area (Å²) in [6, 6.07) is 19.6. The van der Waals surface area contributed by atoms with E-state index in [0.717, 1.165) is 4.90 Å². The summed E-state index contributed by atoms with van der Waals surface area (Å²) in [7, 11) is -3.13. The zero-order valence-electron chi connectivity index (χ0n) is 21.8. The molecular formula is C29H26B2ClNO8. The van der Waals surface area contributed by atoms with Gasteiger partial charge in [-0.1, -0.05) is 48.0 Å². The SMILES string of the molecule is O=C1[C@H]2[C@H](CC(COc3ccccc3)=C3B(O)O[C@H](c4ccc(O)cc4Cl)C[C@H]32)C(=O)N1c1cccc(B(O)O)c1. The van der Waals surface area contributed by atoms with Crippen molar-refractivity contribution < 1.29 is 39.2 Å². The fourth-order valence-electron chi connectivity index (χ4n) is 6.29. The van der Waals surface area contributed by atoms with Gasteiger partial charge in [0.25, 0.3) is 0 Å². The van der Waals surface area contributed by atoms with Gasteiger partial charge in [0.2, 0.25) is 11.8 Å². The molecule has 0 spiro atoms. The fraction of sp³-hybridized carbons (Fsp3) is 0.241. The van der Waals surface area contributed by atoms with Crippen LogP contribution in [0.2, 0.25) is 5.02 Å². The summed E-state index contributed by atoms with van der Waals surface area (Å²) in [6.07, 6.45) is -0.251. The van der Waals surface area contributed by atoms with Crippen LogP contribution in [0.15, 0.2) is 83.8 Å². The molecule has 0 radical (unpaired) electrons. The van der Waals surface area contributed by atoms with Gasteiger partial charge in [0, 0.05) is 5.02 Å². The lowest BCUT2D eigenvalue weighted by Crippen LogP contribution is -2.45. The molecule has 208 valence electrons. The van der Waals surface area contributed by atoms with Crippen LogP contribution in [-0.2, 0) is 14.2 Å². The van der Waals surface area contributed by atoms with Crippen molar-refractivity contribution in [2.24, 2.45) is 17.8 Å². The van der Waals surface area contributed by atoms with Gasteiger partial charge in [0.05, 0.1) is 23.6 Å². The molecule has 0 unspecified atom stereocenters. The molecule has 3 aromatic carbocycles. The maximum Gasteiger partial charge on any atom is 0.488 e. The number of phenols is 1. The smallest absolute Gasteiger partial charge is 0.488 e. The van der Waals surface area contributed by atoms with Crippen LogP contribution in [0.1, 0.15) is 24.5 Å². The topological polar surface area (TPSA) is 137 Å². The lowest BCUT2D eigenvalue weighted by molar-refractivity contribution is -0.123. The molecule has 4 atom stereocenters. The Morgan fingerprint density at radius 3 is 2.51 bits per heavy atom. The van der Waals surface area contributed by atoms with Gasteiger partial charge in [-0.15, -0.1) is 0 Å². The second kappa shape index (κ2) is 11.0. The first kappa shape index (κ1) is 27.6. The summed E-state index contributed by atoms with van der Waals surface area (Å²) >= 11 is 6.41. The maximum atomic E-state index is 14.0. The van der Waals surface area contributed by atoms with E-state index in [-0.39, 0.29) is 41.4 Å². The number of halogens is 1. The standard InChI is InChI=1S/C29H26B2ClNO8/c32-24-13-19(34)9-10-21(24)25-14-22-26-23(28(35)33(29(26)36)18-6-4-5-17(12-18)30(37)38)11-16(27(22)31(39)41-25)15-40-20-7-2-1-3-8-20/h1-10,12-13,22-23,25-26,34,37-39H,11,14-15H2/t22-,23-,25-,26+/m0/s1. The molecule has 2 heterocycles. The number of anilines is 1. The third-order valence-electron chi connectivity index (χ3n) is 8.13. The minimum absolute atomic E-state index is 0.0174. The number of amides is 2. The number of imide groups is 1. The quantitative estimate of drug-likeness (QED) is 0.261. The van der Waals surface area contributed by atoms with Gasteiger partial charge in [-0.3, -0.25) is 14.5 Å². The lowest BCUT2D eigenvalue weighted by atomic mass is 9.55. The van der Waals surface area contributed by atoms with Crippen molar-refractivity contribution in [3.05, 3.63) is 94.4 Å². The summed E-state index contributed by atoms with van der Waals surface area (Å²) in [4.78, 5) is 28.9. The van der Waals surface area contributed by atoms with Gasteiger partial charge in [-0.2, -0.15) is 0 Å². The number of para-hydroxylation sites is 1. The van der Waals surface area contributed by atoms with E-state index in [1.807, 2.05) is 18.2 Å². The predicted octanol–water partition coefficient (Wildman–Crippen LogP) is 2.41. The normalized spacial score (nSPS) is 23.9. The first-order valence-electron chi connectivity index (χ1n) is 13.3. The van der Waals surface area contributed by atoms with E-state index in [1.54, 1.807) is 30.3 Å². The highest BCUT2D eigenvalue weighted by molar-refractivity contribution is 6.58. The van der Waals surface area contributed by atoms with Crippen molar-refractivity contribution in [1.29, 1.82) is 0 Å². The highest BCUT2D eigenvalue weighted by Gasteiger charge is 2.58. The molecule has 6 rings (SSSR count). The Kier molecular flexibility index (Phi) is 7.39. The van der Waals surface area contributed by atoms with Crippen molar-refractivity contribution in [1.82, 2.24) is 0 Å². The monoisotopic (exact) mass is 573 g/mol. The number of carbonyl (C=O) groups excluding carboxylic acids is 2. The summed E-state index contributed by atoms with van der Waals surface area (Å²) in [6.45, 7) is 0.0950. The number of hydrogen-bond donors (Lipinski definition) is 4. The van der Waals surface area contributed by atoms with Crippen LogP contribution in [0.4, 0.5) is 5.69 Å². The Hall–Kier alpha value is -3.60. The Morgan fingerprint density at radius 1 is 1.00 bits per heavy atom. The number of phenolic OH excluding ortho intramolecular Hbond substituents is 1. The fourth-order valence-corrected chi connectivity index (χ4v) is 6.58. The molecule has 0 aromatic heterocycles. The Labute approximate surface area is 241 Å². The van der Waals surface area contributed by atoms with Gasteiger partial charge in [0.15, 0.2) is 0 Å². The Balaban J connectivity index is 1.39. The number of carbonyl (C=O) groups is 2. The van der Waals surface area contributed by atoms with Crippen LogP contribution in [0.3, 0.4) is 0 Å². The average molecular weight is 574 g/mol. The van der Waals surface area contributed by atoms with Gasteiger partial charge >= 0.3 is 14.2 Å². The van der Waals surface area contributed by atoms with Crippen LogP contribution in [0.5, 0.6) is 11.5 Å². The van der Waals surface area contributed by atoms with Crippen molar-refractivity contribution >= 4 is 48.8 Å². The molecule has 3 aromatic rings. The van der Waals surface area contributed by atoms with Crippen LogP contribution in [0, 0.1) is 17.8 Å². The minimum atomic E-state index is -1.76. The highest BCUT2D eigenvalue weighted by Crippen LogP contribution is 2.52. The molecule has 0 saturated carbocycles. The molecule has 12 heteroatoms. The largest absolute Gasteiger partial charge is 0.508 e. The minimum Gasteiger partial charge on any atom is -0.508 e. The van der Waals surface area contributed by atoms with Crippen LogP contribution >= 0.6 is 11.6 Å². The predicted molar refractivity (Wildman–Crippen MR) is 152 cm³/mol. The number of nitrogens with zero attached hydrogens (tertiary/aromatic N) is 1. The zero-order valence-corrected chi connectivity index (χ0v) is 22.5. The maximum absolute atomic E-state index is 14.0. The van der Waals surface area contributed by atoms with E-state index in [0.29, 0.717) is 22.4 Å². The molecule has 2 amide bonds. The van der Waals surface area contributed by atoms with Gasteiger partial charge < -0.3 is 29.6 Å². The van der Waals surface area contributed by atoms with E-state index in [1.165, 1.54) is 24.3 Å². The number of hydrogen-bond acceptors (Lipinski definition) is 8. The molecule has 2 saturated heterocycles. The van der Waals surface area contributed by atoms with Crippen molar-refractivity contribution in [2.75, 3.05) is 11.5 Å². The van der Waals surface area contributed by atoms with E-state index in [4.69, 9.17) is 21.0 Å². The van der Waals surface area contributed by atoms with Gasteiger partial charge in [-0.05, 0) is 77.2 Å². The number of ether oxygens (including phenoxy) is 1. The summed E-state index contributed by atoms with van der Waals surface area (Å²) in [5, 5.41) is 40.7. The zero-order chi connectivity index (χ0) is 28.8. The van der Waals surface area contributed by atoms with Crippen LogP contribution < -0.4 is 15.1 Å². The molecule has 1 aliphatic carbocycles. The van der Waals surface area contributed by atoms with Crippen molar-refractivity contribution in [3.63, 3.8) is 0 Å². The number of aromatic hydroxyl groups is 1. The molecule has 3 aliphatic rings.